The Labute approximate surface area is 336 Å². The molecule has 57 heavy (non-hydrogen) atoms. The van der Waals surface area contributed by atoms with Crippen molar-refractivity contribution < 1.29 is 67.9 Å². The molecule has 0 bridgehead atoms. The fraction of sp³-hybridized carbons (Fsp3) is 0.907. The summed E-state index contributed by atoms with van der Waals surface area (Å²) in [5.41, 5.74) is 0.189. The minimum absolute atomic E-state index is 0.0134. The third kappa shape index (κ3) is 7.65. The molecule has 8 rings (SSSR count). The molecule has 20 atom stereocenters. The standard InChI is InChI=1S/C43H66O14/c1-21-38(48)33(54-24(4)44)19-37(51-21)57-40-23(3)53-36(18-32(40)46)56-39-22(2)52-35(17-31(39)45)55-27-9-12-41(5)26(16-27)7-8-30-29(41)10-13-42(6)28(11-14-43(30,42)49)25-15-34(47)50-20-25/h15,21-23,26-33,35-40,45-46,48-49H,7-14,16-20H2,1-6H3/t21-,22-,23-,26-,27?,28-,29+,30-,31+,32+,33+,35+,36+,37+,38-,39-,40?,41+,42-,43+/m1/s1. The Bertz CT molecular complexity index is 1500. The second-order valence-electron chi connectivity index (χ2n) is 19.3. The van der Waals surface area contributed by atoms with Crippen LogP contribution in [0, 0.1) is 34.5 Å². The van der Waals surface area contributed by atoms with Crippen LogP contribution in [0.2, 0.25) is 0 Å². The highest BCUT2D eigenvalue weighted by Gasteiger charge is 2.68. The third-order valence-corrected chi connectivity index (χ3v) is 16.2. The molecule has 0 aromatic rings. The number of hydrogen-bond donors (Lipinski definition) is 4. The first-order valence-corrected chi connectivity index (χ1v) is 21.7. The van der Waals surface area contributed by atoms with Gasteiger partial charge >= 0.3 is 11.9 Å². The van der Waals surface area contributed by atoms with Crippen LogP contribution in [0.3, 0.4) is 0 Å². The summed E-state index contributed by atoms with van der Waals surface area (Å²) in [7, 11) is 0. The zero-order chi connectivity index (χ0) is 40.6. The Morgan fingerprint density at radius 2 is 1.39 bits per heavy atom. The van der Waals surface area contributed by atoms with Crippen molar-refractivity contribution in [3.05, 3.63) is 11.6 Å². The first-order valence-electron chi connectivity index (χ1n) is 21.7. The smallest absolute Gasteiger partial charge is 0.331 e. The van der Waals surface area contributed by atoms with E-state index in [0.717, 1.165) is 63.4 Å². The highest BCUT2D eigenvalue weighted by atomic mass is 16.7. The molecule has 2 unspecified atom stereocenters. The highest BCUT2D eigenvalue weighted by molar-refractivity contribution is 5.85. The van der Waals surface area contributed by atoms with Crippen LogP contribution in [0.5, 0.6) is 0 Å². The van der Waals surface area contributed by atoms with Gasteiger partial charge in [0.25, 0.3) is 0 Å². The van der Waals surface area contributed by atoms with Gasteiger partial charge in [0.2, 0.25) is 0 Å². The van der Waals surface area contributed by atoms with Crippen LogP contribution in [0.15, 0.2) is 11.6 Å². The Kier molecular flexibility index (Phi) is 11.8. The first kappa shape index (κ1) is 42.0. The maximum absolute atomic E-state index is 12.6. The zero-order valence-electron chi connectivity index (χ0n) is 34.5. The molecule has 0 amide bonds. The summed E-state index contributed by atoms with van der Waals surface area (Å²) in [5.74, 6) is 0.591. The number of carbonyl (C=O) groups is 2. The molecule has 0 aromatic carbocycles. The predicted octanol–water partition coefficient (Wildman–Crippen LogP) is 3.82. The van der Waals surface area contributed by atoms with Crippen LogP contribution in [-0.2, 0) is 47.5 Å². The van der Waals surface area contributed by atoms with Gasteiger partial charge in [-0.15, -0.1) is 0 Å². The van der Waals surface area contributed by atoms with E-state index >= 15 is 0 Å². The fourth-order valence-electron chi connectivity index (χ4n) is 13.1. The van der Waals surface area contributed by atoms with E-state index in [1.54, 1.807) is 19.9 Å². The molecule has 14 nitrogen and oxygen atoms in total. The second-order valence-corrected chi connectivity index (χ2v) is 19.3. The van der Waals surface area contributed by atoms with E-state index in [0.29, 0.717) is 18.4 Å². The van der Waals surface area contributed by atoms with Gasteiger partial charge in [0.15, 0.2) is 18.9 Å². The van der Waals surface area contributed by atoms with Crippen molar-refractivity contribution >= 4 is 11.9 Å². The Balaban J connectivity index is 0.819. The molecule has 0 radical (unpaired) electrons. The van der Waals surface area contributed by atoms with Gasteiger partial charge in [-0.05, 0) is 113 Å². The first-order chi connectivity index (χ1) is 27.0. The zero-order valence-corrected chi connectivity index (χ0v) is 34.5. The molecule has 322 valence electrons. The number of fused-ring (bicyclic) bond motifs is 5. The molecule has 0 aromatic heterocycles. The molecule has 4 aliphatic carbocycles. The lowest BCUT2D eigenvalue weighted by Gasteiger charge is -2.64. The van der Waals surface area contributed by atoms with Gasteiger partial charge in [-0.3, -0.25) is 4.79 Å². The van der Waals surface area contributed by atoms with Crippen molar-refractivity contribution in [2.75, 3.05) is 6.61 Å². The monoisotopic (exact) mass is 806 g/mol. The molecule has 4 N–H and O–H groups in total. The molecule has 7 fully saturated rings. The Morgan fingerprint density at radius 3 is 2.00 bits per heavy atom. The molecule has 4 aliphatic heterocycles. The van der Waals surface area contributed by atoms with Crippen molar-refractivity contribution in [2.45, 2.75) is 204 Å². The van der Waals surface area contributed by atoms with E-state index in [1.165, 1.54) is 6.92 Å². The van der Waals surface area contributed by atoms with Gasteiger partial charge in [0.1, 0.15) is 31.0 Å². The topological polar surface area (TPSA) is 189 Å². The normalized spacial score (nSPS) is 52.6. The summed E-state index contributed by atoms with van der Waals surface area (Å²) in [5, 5.41) is 45.4. The SMILES string of the molecule is CC(=O)O[C@H]1C[C@H](OC2[C@@H](O)C[C@H](O[C@H]3[C@@H](O)C[C@H](OC4CC[C@@]5(C)[C@H](CC[C@@H]6[C@@H]5CC[C@]5(C)[C@@H](C7=CC(=O)OC7)CC[C@]65O)C4)O[C@@H]3C)O[C@@H]2C)O[C@H](C)[C@H]1O. The molecule has 4 heterocycles. The van der Waals surface area contributed by atoms with E-state index in [-0.39, 0.29) is 54.0 Å². The maximum atomic E-state index is 12.6. The van der Waals surface area contributed by atoms with Crippen molar-refractivity contribution in [3.63, 3.8) is 0 Å². The number of ether oxygens (including phenoxy) is 8. The molecule has 14 heteroatoms. The average Bonchev–Trinajstić information content (AvgIpc) is 3.69. The van der Waals surface area contributed by atoms with E-state index in [2.05, 4.69) is 13.8 Å². The lowest BCUT2D eigenvalue weighted by atomic mass is 9.43. The fourth-order valence-corrected chi connectivity index (χ4v) is 13.1. The average molecular weight is 807 g/mol. The minimum atomic E-state index is -0.992. The molecule has 3 saturated heterocycles. The maximum Gasteiger partial charge on any atom is 0.331 e. The largest absolute Gasteiger partial charge is 0.459 e. The number of rotatable bonds is 8. The summed E-state index contributed by atoms with van der Waals surface area (Å²) in [6.45, 7) is 11.7. The van der Waals surface area contributed by atoms with Crippen LogP contribution in [0.25, 0.3) is 0 Å². The van der Waals surface area contributed by atoms with Crippen LogP contribution in [-0.4, -0.2) is 124 Å². The van der Waals surface area contributed by atoms with E-state index < -0.39 is 85.4 Å². The molecular weight excluding hydrogens is 740 g/mol. The molecular formula is C43H66O14. The van der Waals surface area contributed by atoms with Crippen LogP contribution in [0.4, 0.5) is 0 Å². The number of aliphatic hydroxyl groups is 4. The van der Waals surface area contributed by atoms with Gasteiger partial charge in [-0.2, -0.15) is 0 Å². The summed E-state index contributed by atoms with van der Waals surface area (Å²) in [4.78, 5) is 23.5. The number of cyclic esters (lactones) is 1. The van der Waals surface area contributed by atoms with Gasteiger partial charge in [0.05, 0.1) is 42.2 Å². The summed E-state index contributed by atoms with van der Waals surface area (Å²) < 4.78 is 47.8. The van der Waals surface area contributed by atoms with Gasteiger partial charge in [0, 0.05) is 37.7 Å². The quantitative estimate of drug-likeness (QED) is 0.205. The van der Waals surface area contributed by atoms with Crippen LogP contribution < -0.4 is 0 Å². The van der Waals surface area contributed by atoms with E-state index in [4.69, 9.17) is 37.9 Å². The predicted molar refractivity (Wildman–Crippen MR) is 201 cm³/mol. The lowest BCUT2D eigenvalue weighted by molar-refractivity contribution is -0.336. The summed E-state index contributed by atoms with van der Waals surface area (Å²) in [6, 6.07) is 0. The summed E-state index contributed by atoms with van der Waals surface area (Å²) in [6.07, 6.45) is 1.76. The molecule has 8 aliphatic rings. The van der Waals surface area contributed by atoms with E-state index in [1.807, 2.05) is 6.92 Å². The van der Waals surface area contributed by atoms with Crippen LogP contribution >= 0.6 is 0 Å². The lowest BCUT2D eigenvalue weighted by Crippen LogP contribution is -2.62. The van der Waals surface area contributed by atoms with Crippen molar-refractivity contribution in [3.8, 4) is 0 Å². The van der Waals surface area contributed by atoms with Gasteiger partial charge in [-0.1, -0.05) is 13.8 Å². The van der Waals surface area contributed by atoms with Crippen molar-refractivity contribution in [1.29, 1.82) is 0 Å². The van der Waals surface area contributed by atoms with Gasteiger partial charge < -0.3 is 58.3 Å². The van der Waals surface area contributed by atoms with Crippen LogP contribution in [0.1, 0.15) is 119 Å². The van der Waals surface area contributed by atoms with Crippen molar-refractivity contribution in [1.82, 2.24) is 0 Å². The molecule has 4 saturated carbocycles. The number of aliphatic hydroxyl groups excluding tert-OH is 3. The number of carbonyl (C=O) groups excluding carboxylic acids is 2. The number of esters is 2. The Morgan fingerprint density at radius 1 is 0.754 bits per heavy atom. The summed E-state index contributed by atoms with van der Waals surface area (Å²) >= 11 is 0. The second kappa shape index (κ2) is 16.0. The van der Waals surface area contributed by atoms with Gasteiger partial charge in [-0.25, -0.2) is 4.79 Å². The number of hydrogen-bond acceptors (Lipinski definition) is 14. The van der Waals surface area contributed by atoms with Crippen molar-refractivity contribution in [2.24, 2.45) is 34.5 Å². The van der Waals surface area contributed by atoms with E-state index in [9.17, 15) is 30.0 Å². The molecule has 0 spiro atoms. The minimum Gasteiger partial charge on any atom is -0.459 e. The third-order valence-electron chi connectivity index (χ3n) is 16.2. The highest BCUT2D eigenvalue weighted by Crippen LogP contribution is 2.70. The Hall–Kier alpha value is -1.72.